The van der Waals surface area contributed by atoms with Crippen molar-refractivity contribution >= 4 is 46.6 Å². The highest BCUT2D eigenvalue weighted by Gasteiger charge is 2.44. The fourth-order valence-corrected chi connectivity index (χ4v) is 4.91. The highest BCUT2D eigenvalue weighted by atomic mass is 35.5. The van der Waals surface area contributed by atoms with Crippen molar-refractivity contribution in [1.29, 1.82) is 0 Å². The Morgan fingerprint density at radius 1 is 1.09 bits per heavy atom. The minimum Gasteiger partial charge on any atom is -0.467 e. The number of hydrogen-bond acceptors (Lipinski definition) is 12. The summed E-state index contributed by atoms with van der Waals surface area (Å²) in [6, 6.07) is 14.2. The number of aromatic nitrogens is 4. The van der Waals surface area contributed by atoms with E-state index in [1.54, 1.807) is 49.3 Å². The first-order chi connectivity index (χ1) is 21.7. The summed E-state index contributed by atoms with van der Waals surface area (Å²) in [6.45, 7) is 7.49. The maximum atomic E-state index is 13.0. The molecule has 2 aliphatic heterocycles. The zero-order chi connectivity index (χ0) is 32.4. The number of nitrogen functional groups attached to an aromatic ring is 1. The number of para-hydroxylation sites is 1. The van der Waals surface area contributed by atoms with Gasteiger partial charge in [0, 0.05) is 49.3 Å². The van der Waals surface area contributed by atoms with Gasteiger partial charge in [0.1, 0.15) is 0 Å². The number of pyridine rings is 1. The lowest BCUT2D eigenvalue weighted by Gasteiger charge is -2.27. The molecule has 2 aromatic carbocycles. The van der Waals surface area contributed by atoms with E-state index in [1.807, 2.05) is 38.3 Å². The fraction of sp³-hybridized carbons (Fsp3) is 0.333. The molecule has 1 fully saturated rings. The minimum absolute atomic E-state index is 0.0227. The molecular weight excluding hydrogens is 626 g/mol. The topological polar surface area (TPSA) is 133 Å². The first kappa shape index (κ1) is 33.7. The van der Waals surface area contributed by atoms with E-state index in [0.717, 1.165) is 36.8 Å². The Labute approximate surface area is 269 Å². The molecule has 6 rings (SSSR count). The fourth-order valence-electron chi connectivity index (χ4n) is 4.28. The SMILES string of the molecule is CC.COc1nc(Nc2cc(SC)ccc2N)nc(N2CCNCC2)n1.FC1(F)Oc2cccc(Cc3ncccc3Cl)c2O1. The van der Waals surface area contributed by atoms with E-state index in [-0.39, 0.29) is 17.5 Å². The molecule has 0 unspecified atom stereocenters. The van der Waals surface area contributed by atoms with E-state index in [4.69, 9.17) is 22.1 Å². The van der Waals surface area contributed by atoms with Crippen molar-refractivity contribution in [2.75, 3.05) is 55.5 Å². The number of thioether (sulfide) groups is 1. The summed E-state index contributed by atoms with van der Waals surface area (Å²) in [6.07, 6.45) is 0.286. The van der Waals surface area contributed by atoms with Crippen LogP contribution in [-0.4, -0.2) is 65.8 Å². The number of nitrogens with two attached hydrogens (primary N) is 1. The second-order valence-corrected chi connectivity index (χ2v) is 10.6. The number of piperazine rings is 1. The second kappa shape index (κ2) is 15.7. The number of fused-ring (bicyclic) bond motifs is 1. The van der Waals surface area contributed by atoms with Crippen molar-refractivity contribution < 1.29 is 23.0 Å². The van der Waals surface area contributed by atoms with Crippen molar-refractivity contribution in [3.63, 3.8) is 0 Å². The Hall–Kier alpha value is -4.14. The standard InChI is InChI=1S/C15H21N7OS.C13H8ClF2NO2.C2H6/c1-23-15-20-13(18-12-9-10(24-2)3-4-11(12)16)19-14(21-15)22-7-5-17-6-8-22;14-9-4-2-6-17-10(9)7-8-3-1-5-11-12(8)19-13(15,16)18-11;1-2/h3-4,9,17H,5-8,16H2,1-2H3,(H,18,19,20,21);1-6H,7H2;1-2H3. The Balaban J connectivity index is 0.000000199. The molecule has 11 nitrogen and oxygen atoms in total. The van der Waals surface area contributed by atoms with Gasteiger partial charge in [0.05, 0.1) is 29.2 Å². The number of alkyl halides is 2. The first-order valence-corrected chi connectivity index (χ1v) is 15.8. The van der Waals surface area contributed by atoms with Gasteiger partial charge in [-0.25, -0.2) is 0 Å². The van der Waals surface area contributed by atoms with Crippen LogP contribution in [-0.2, 0) is 6.42 Å². The monoisotopic (exact) mass is 660 g/mol. The molecule has 1 saturated heterocycles. The molecule has 0 atom stereocenters. The Morgan fingerprint density at radius 3 is 2.58 bits per heavy atom. The molecular formula is C30H35ClF2N8O3S. The maximum Gasteiger partial charge on any atom is 0.586 e. The van der Waals surface area contributed by atoms with E-state index in [1.165, 1.54) is 6.07 Å². The smallest absolute Gasteiger partial charge is 0.467 e. The zero-order valence-electron chi connectivity index (χ0n) is 25.3. The molecule has 0 saturated carbocycles. The molecule has 0 aliphatic carbocycles. The molecule has 4 heterocycles. The quantitative estimate of drug-likeness (QED) is 0.158. The van der Waals surface area contributed by atoms with Crippen LogP contribution >= 0.6 is 23.4 Å². The van der Waals surface area contributed by atoms with Crippen LogP contribution in [0.1, 0.15) is 25.1 Å². The van der Waals surface area contributed by atoms with Crippen molar-refractivity contribution in [3.05, 3.63) is 71.0 Å². The summed E-state index contributed by atoms with van der Waals surface area (Å²) in [5.74, 6) is 1.08. The minimum atomic E-state index is -3.62. The Bertz CT molecular complexity index is 1580. The maximum absolute atomic E-state index is 13.0. The van der Waals surface area contributed by atoms with Crippen LogP contribution in [0.5, 0.6) is 17.5 Å². The highest BCUT2D eigenvalue weighted by Crippen LogP contribution is 2.44. The summed E-state index contributed by atoms with van der Waals surface area (Å²) in [5, 5.41) is 6.96. The Kier molecular flexibility index (Phi) is 11.8. The van der Waals surface area contributed by atoms with Gasteiger partial charge in [0.2, 0.25) is 11.9 Å². The molecule has 45 heavy (non-hydrogen) atoms. The number of benzene rings is 2. The number of nitrogens with one attached hydrogen (secondary N) is 2. The average molecular weight is 661 g/mol. The van der Waals surface area contributed by atoms with Crippen LogP contribution in [0.15, 0.2) is 59.6 Å². The van der Waals surface area contributed by atoms with Crippen LogP contribution in [0.2, 0.25) is 5.02 Å². The van der Waals surface area contributed by atoms with Crippen LogP contribution < -0.4 is 35.5 Å². The largest absolute Gasteiger partial charge is 0.586 e. The summed E-state index contributed by atoms with van der Waals surface area (Å²) < 4.78 is 40.2. The average Bonchev–Trinajstić information content (AvgIpc) is 3.39. The zero-order valence-corrected chi connectivity index (χ0v) is 26.9. The number of rotatable bonds is 7. The van der Waals surface area contributed by atoms with Crippen LogP contribution in [0.3, 0.4) is 0 Å². The Morgan fingerprint density at radius 2 is 1.87 bits per heavy atom. The van der Waals surface area contributed by atoms with Crippen molar-refractivity contribution in [2.24, 2.45) is 0 Å². The third kappa shape index (κ3) is 8.96. The lowest BCUT2D eigenvalue weighted by molar-refractivity contribution is -0.286. The van der Waals surface area contributed by atoms with E-state index < -0.39 is 6.29 Å². The summed E-state index contributed by atoms with van der Waals surface area (Å²) in [4.78, 5) is 20.5. The third-order valence-corrected chi connectivity index (χ3v) is 7.46. The number of ether oxygens (including phenoxy) is 3. The van der Waals surface area contributed by atoms with Crippen molar-refractivity contribution in [1.82, 2.24) is 25.3 Å². The normalized spacial score (nSPS) is 14.4. The first-order valence-electron chi connectivity index (χ1n) is 14.2. The molecule has 4 N–H and O–H groups in total. The summed E-state index contributed by atoms with van der Waals surface area (Å²) in [5.41, 5.74) is 8.60. The van der Waals surface area contributed by atoms with Crippen LogP contribution in [0, 0.1) is 0 Å². The van der Waals surface area contributed by atoms with Gasteiger partial charge in [-0.15, -0.1) is 20.5 Å². The molecule has 0 bridgehead atoms. The van der Waals surface area contributed by atoms with Crippen LogP contribution in [0.4, 0.5) is 32.1 Å². The summed E-state index contributed by atoms with van der Waals surface area (Å²) in [7, 11) is 1.54. The van der Waals surface area contributed by atoms with E-state index in [2.05, 4.69) is 44.9 Å². The van der Waals surface area contributed by atoms with Gasteiger partial charge in [0.25, 0.3) is 0 Å². The lowest BCUT2D eigenvalue weighted by atomic mass is 10.1. The molecule has 240 valence electrons. The van der Waals surface area contributed by atoms with Gasteiger partial charge in [-0.2, -0.15) is 15.0 Å². The predicted octanol–water partition coefficient (Wildman–Crippen LogP) is 6.01. The number of hydrogen-bond donors (Lipinski definition) is 3. The van der Waals surface area contributed by atoms with Gasteiger partial charge < -0.3 is 35.5 Å². The second-order valence-electron chi connectivity index (χ2n) is 9.28. The van der Waals surface area contributed by atoms with Gasteiger partial charge in [-0.05, 0) is 42.7 Å². The number of nitrogens with zero attached hydrogens (tertiary/aromatic N) is 5. The predicted molar refractivity (Wildman–Crippen MR) is 173 cm³/mol. The van der Waals surface area contributed by atoms with Gasteiger partial charge in [-0.1, -0.05) is 37.6 Å². The molecule has 0 radical (unpaired) electrons. The molecule has 2 aromatic heterocycles. The van der Waals surface area contributed by atoms with Crippen LogP contribution in [0.25, 0.3) is 0 Å². The third-order valence-electron chi connectivity index (χ3n) is 6.40. The van der Waals surface area contributed by atoms with E-state index in [9.17, 15) is 8.78 Å². The molecule has 0 amide bonds. The van der Waals surface area contributed by atoms with Gasteiger partial charge >= 0.3 is 12.3 Å². The van der Waals surface area contributed by atoms with E-state index in [0.29, 0.717) is 40.3 Å². The highest BCUT2D eigenvalue weighted by molar-refractivity contribution is 7.98. The van der Waals surface area contributed by atoms with Gasteiger partial charge in [0.15, 0.2) is 11.5 Å². The van der Waals surface area contributed by atoms with Crippen molar-refractivity contribution in [2.45, 2.75) is 31.5 Å². The molecule has 2 aliphatic rings. The van der Waals surface area contributed by atoms with E-state index >= 15 is 0 Å². The van der Waals surface area contributed by atoms with Gasteiger partial charge in [-0.3, -0.25) is 4.98 Å². The number of halogens is 3. The number of anilines is 4. The van der Waals surface area contributed by atoms with Crippen molar-refractivity contribution in [3.8, 4) is 17.5 Å². The lowest BCUT2D eigenvalue weighted by Crippen LogP contribution is -2.44. The molecule has 4 aromatic rings. The molecule has 15 heteroatoms. The number of methoxy groups -OCH3 is 1. The summed E-state index contributed by atoms with van der Waals surface area (Å²) >= 11 is 7.65. The molecule has 0 spiro atoms.